The fourth-order valence-electron chi connectivity index (χ4n) is 2.24. The Labute approximate surface area is 182 Å². The number of anilines is 1. The molecule has 2 aromatic carbocycles. The van der Waals surface area contributed by atoms with Crippen molar-refractivity contribution in [1.29, 1.82) is 0 Å². The SMILES string of the molecule is Cc1ccc(NC(=O)CCC(=O)NNC(=O)COc2ccc(Br)cc2Cl)cc1C. The van der Waals surface area contributed by atoms with Crippen LogP contribution in [0.25, 0.3) is 0 Å². The van der Waals surface area contributed by atoms with Crippen molar-refractivity contribution in [3.63, 3.8) is 0 Å². The Bertz CT molecular complexity index is 921. The molecule has 29 heavy (non-hydrogen) atoms. The lowest BCUT2D eigenvalue weighted by molar-refractivity contribution is -0.130. The normalized spacial score (nSPS) is 10.2. The standard InChI is InChI=1S/C20H21BrClN3O4/c1-12-3-5-15(9-13(12)2)23-18(26)7-8-19(27)24-25-20(28)11-29-17-6-4-14(21)10-16(17)22/h3-6,9-10H,7-8,11H2,1-2H3,(H,23,26)(H,24,27)(H,25,28). The van der Waals surface area contributed by atoms with Crippen molar-refractivity contribution < 1.29 is 19.1 Å². The molecular formula is C20H21BrClN3O4. The van der Waals surface area contributed by atoms with Gasteiger partial charge in [0.1, 0.15) is 5.75 Å². The molecule has 0 atom stereocenters. The van der Waals surface area contributed by atoms with Crippen LogP contribution in [0, 0.1) is 13.8 Å². The van der Waals surface area contributed by atoms with Crippen molar-refractivity contribution in [3.8, 4) is 5.75 Å². The second-order valence-corrected chi connectivity index (χ2v) is 7.63. The Morgan fingerprint density at radius 1 is 0.931 bits per heavy atom. The third-order valence-electron chi connectivity index (χ3n) is 3.96. The van der Waals surface area contributed by atoms with Gasteiger partial charge in [-0.05, 0) is 55.3 Å². The number of rotatable bonds is 7. The molecule has 0 fully saturated rings. The highest BCUT2D eigenvalue weighted by molar-refractivity contribution is 9.10. The first kappa shape index (κ1) is 22.7. The molecule has 3 amide bonds. The van der Waals surface area contributed by atoms with Gasteiger partial charge in [-0.3, -0.25) is 25.2 Å². The van der Waals surface area contributed by atoms with Crippen molar-refractivity contribution in [2.75, 3.05) is 11.9 Å². The number of nitrogens with one attached hydrogen (secondary N) is 3. The smallest absolute Gasteiger partial charge is 0.276 e. The van der Waals surface area contributed by atoms with Gasteiger partial charge in [0.05, 0.1) is 5.02 Å². The highest BCUT2D eigenvalue weighted by Crippen LogP contribution is 2.27. The van der Waals surface area contributed by atoms with Gasteiger partial charge in [0.2, 0.25) is 11.8 Å². The topological polar surface area (TPSA) is 96.5 Å². The number of hydrogen-bond acceptors (Lipinski definition) is 4. The lowest BCUT2D eigenvalue weighted by atomic mass is 10.1. The summed E-state index contributed by atoms with van der Waals surface area (Å²) in [6, 6.07) is 10.6. The van der Waals surface area contributed by atoms with E-state index in [4.69, 9.17) is 16.3 Å². The van der Waals surface area contributed by atoms with Crippen molar-refractivity contribution in [1.82, 2.24) is 10.9 Å². The lowest BCUT2D eigenvalue weighted by Crippen LogP contribution is -2.44. The zero-order valence-corrected chi connectivity index (χ0v) is 18.3. The van der Waals surface area contributed by atoms with E-state index in [9.17, 15) is 14.4 Å². The van der Waals surface area contributed by atoms with E-state index >= 15 is 0 Å². The Morgan fingerprint density at radius 2 is 1.62 bits per heavy atom. The summed E-state index contributed by atoms with van der Waals surface area (Å²) in [4.78, 5) is 35.5. The molecular weight excluding hydrogens is 462 g/mol. The van der Waals surface area contributed by atoms with Gasteiger partial charge < -0.3 is 10.1 Å². The van der Waals surface area contributed by atoms with Crippen molar-refractivity contribution >= 4 is 50.9 Å². The number of amides is 3. The van der Waals surface area contributed by atoms with E-state index in [1.807, 2.05) is 26.0 Å². The van der Waals surface area contributed by atoms with Crippen LogP contribution in [0.5, 0.6) is 5.75 Å². The van der Waals surface area contributed by atoms with E-state index in [1.165, 1.54) is 0 Å². The summed E-state index contributed by atoms with van der Waals surface area (Å²) in [7, 11) is 0. The molecule has 2 aromatic rings. The predicted molar refractivity (Wildman–Crippen MR) is 115 cm³/mol. The molecule has 7 nitrogen and oxygen atoms in total. The van der Waals surface area contributed by atoms with Crippen molar-refractivity contribution in [2.45, 2.75) is 26.7 Å². The Morgan fingerprint density at radius 3 is 2.31 bits per heavy atom. The van der Waals surface area contributed by atoms with Gasteiger partial charge in [-0.2, -0.15) is 0 Å². The van der Waals surface area contributed by atoms with Crippen LogP contribution in [0.1, 0.15) is 24.0 Å². The van der Waals surface area contributed by atoms with Gasteiger partial charge in [0, 0.05) is 23.0 Å². The minimum atomic E-state index is -0.558. The van der Waals surface area contributed by atoms with Gasteiger partial charge in [-0.15, -0.1) is 0 Å². The summed E-state index contributed by atoms with van der Waals surface area (Å²) in [5.74, 6) is -0.991. The summed E-state index contributed by atoms with van der Waals surface area (Å²) < 4.78 is 6.07. The Hall–Kier alpha value is -2.58. The molecule has 0 spiro atoms. The number of aryl methyl sites for hydroxylation is 2. The largest absolute Gasteiger partial charge is 0.482 e. The molecule has 0 bridgehead atoms. The number of ether oxygens (including phenoxy) is 1. The Balaban J connectivity index is 1.67. The minimum Gasteiger partial charge on any atom is -0.482 e. The van der Waals surface area contributed by atoms with Gasteiger partial charge in [0.25, 0.3) is 5.91 Å². The molecule has 9 heteroatoms. The fraction of sp³-hybridized carbons (Fsp3) is 0.250. The fourth-order valence-corrected chi connectivity index (χ4v) is 2.97. The number of hydrogen-bond donors (Lipinski definition) is 3. The van der Waals surface area contributed by atoms with Crippen LogP contribution in [-0.4, -0.2) is 24.3 Å². The van der Waals surface area contributed by atoms with Crippen LogP contribution < -0.4 is 20.9 Å². The zero-order chi connectivity index (χ0) is 21.4. The van der Waals surface area contributed by atoms with E-state index < -0.39 is 11.8 Å². The number of halogens is 2. The van der Waals surface area contributed by atoms with Crippen LogP contribution in [0.15, 0.2) is 40.9 Å². The van der Waals surface area contributed by atoms with Crippen molar-refractivity contribution in [2.24, 2.45) is 0 Å². The van der Waals surface area contributed by atoms with Crippen LogP contribution in [0.2, 0.25) is 5.02 Å². The molecule has 154 valence electrons. The zero-order valence-electron chi connectivity index (χ0n) is 16.0. The predicted octanol–water partition coefficient (Wildman–Crippen LogP) is 3.66. The first-order chi connectivity index (χ1) is 13.7. The van der Waals surface area contributed by atoms with Crippen LogP contribution in [0.4, 0.5) is 5.69 Å². The van der Waals surface area contributed by atoms with E-state index in [0.29, 0.717) is 16.5 Å². The van der Waals surface area contributed by atoms with E-state index in [2.05, 4.69) is 32.1 Å². The van der Waals surface area contributed by atoms with Crippen LogP contribution in [-0.2, 0) is 14.4 Å². The van der Waals surface area contributed by atoms with Crippen LogP contribution >= 0.6 is 27.5 Å². The molecule has 2 rings (SSSR count). The molecule has 0 heterocycles. The monoisotopic (exact) mass is 481 g/mol. The highest BCUT2D eigenvalue weighted by Gasteiger charge is 2.10. The second-order valence-electron chi connectivity index (χ2n) is 6.31. The first-order valence-corrected chi connectivity index (χ1v) is 9.94. The molecule has 3 N–H and O–H groups in total. The number of carbonyl (C=O) groups excluding carboxylic acids is 3. The maximum absolute atomic E-state index is 12.0. The summed E-state index contributed by atoms with van der Waals surface area (Å²) in [5, 5.41) is 3.09. The third kappa shape index (κ3) is 7.75. The molecule has 0 saturated heterocycles. The van der Waals surface area contributed by atoms with Gasteiger partial charge in [-0.25, -0.2) is 0 Å². The first-order valence-electron chi connectivity index (χ1n) is 8.77. The lowest BCUT2D eigenvalue weighted by Gasteiger charge is -2.10. The summed E-state index contributed by atoms with van der Waals surface area (Å²) in [5.41, 5.74) is 7.33. The number of benzene rings is 2. The molecule has 0 unspecified atom stereocenters. The summed E-state index contributed by atoms with van der Waals surface area (Å²) in [6.45, 7) is 3.61. The molecule has 0 aromatic heterocycles. The quantitative estimate of drug-likeness (QED) is 0.525. The van der Waals surface area contributed by atoms with Gasteiger partial charge in [0.15, 0.2) is 6.61 Å². The van der Waals surface area contributed by atoms with E-state index in [-0.39, 0.29) is 25.4 Å². The average molecular weight is 483 g/mol. The molecule has 0 aliphatic rings. The molecule has 0 saturated carbocycles. The maximum atomic E-state index is 12.0. The molecule has 0 aliphatic heterocycles. The maximum Gasteiger partial charge on any atom is 0.276 e. The Kier molecular flexibility index (Phi) is 8.48. The number of carbonyl (C=O) groups is 3. The third-order valence-corrected chi connectivity index (χ3v) is 4.75. The summed E-state index contributed by atoms with van der Waals surface area (Å²) >= 11 is 9.26. The number of hydrazine groups is 1. The molecule has 0 aliphatic carbocycles. The van der Waals surface area contributed by atoms with Gasteiger partial charge in [-0.1, -0.05) is 33.6 Å². The summed E-state index contributed by atoms with van der Waals surface area (Å²) in [6.07, 6.45) is -0.0873. The van der Waals surface area contributed by atoms with Crippen molar-refractivity contribution in [3.05, 3.63) is 57.0 Å². The second kappa shape index (κ2) is 10.8. The average Bonchev–Trinajstić information content (AvgIpc) is 2.67. The van der Waals surface area contributed by atoms with Crippen LogP contribution in [0.3, 0.4) is 0 Å². The molecule has 0 radical (unpaired) electrons. The minimum absolute atomic E-state index is 0.0143. The highest BCUT2D eigenvalue weighted by atomic mass is 79.9. The van der Waals surface area contributed by atoms with E-state index in [1.54, 1.807) is 24.3 Å². The van der Waals surface area contributed by atoms with E-state index in [0.717, 1.165) is 15.6 Å². The van der Waals surface area contributed by atoms with Gasteiger partial charge >= 0.3 is 0 Å².